The summed E-state index contributed by atoms with van der Waals surface area (Å²) in [7, 11) is 1.62. The lowest BCUT2D eigenvalue weighted by molar-refractivity contribution is -0.124. The Hall–Kier alpha value is -1.62. The predicted octanol–water partition coefficient (Wildman–Crippen LogP) is 3.40. The maximum absolute atomic E-state index is 11.5. The molecule has 1 saturated heterocycles. The van der Waals surface area contributed by atoms with Crippen LogP contribution in [0.15, 0.2) is 18.3 Å². The van der Waals surface area contributed by atoms with E-state index in [2.05, 4.69) is 10.3 Å². The van der Waals surface area contributed by atoms with Crippen LogP contribution in [0.3, 0.4) is 0 Å². The van der Waals surface area contributed by atoms with Gasteiger partial charge in [-0.2, -0.15) is 0 Å². The first-order valence-electron chi connectivity index (χ1n) is 9.08. The van der Waals surface area contributed by atoms with Gasteiger partial charge in [0.1, 0.15) is 0 Å². The molecule has 0 unspecified atom stereocenters. The first kappa shape index (κ1) is 17.2. The van der Waals surface area contributed by atoms with Crippen LogP contribution >= 0.6 is 0 Å². The molecular formula is C19H28N2O3. The van der Waals surface area contributed by atoms with Crippen molar-refractivity contribution in [3.05, 3.63) is 23.9 Å². The number of methoxy groups -OCH3 is 1. The molecule has 1 saturated carbocycles. The van der Waals surface area contributed by atoms with Crippen LogP contribution in [-0.2, 0) is 9.53 Å². The van der Waals surface area contributed by atoms with E-state index in [0.717, 1.165) is 18.4 Å². The highest BCUT2D eigenvalue weighted by Gasteiger charge is 2.35. The molecule has 5 nitrogen and oxygen atoms in total. The molecule has 1 amide bonds. The topological polar surface area (TPSA) is 60.5 Å². The van der Waals surface area contributed by atoms with Crippen molar-refractivity contribution in [2.45, 2.75) is 70.1 Å². The molecule has 0 spiro atoms. The molecule has 1 aromatic heterocycles. The van der Waals surface area contributed by atoms with E-state index in [9.17, 15) is 4.79 Å². The van der Waals surface area contributed by atoms with Crippen molar-refractivity contribution in [1.29, 1.82) is 0 Å². The summed E-state index contributed by atoms with van der Waals surface area (Å²) in [5.74, 6) is 1.26. The van der Waals surface area contributed by atoms with E-state index in [1.807, 2.05) is 18.3 Å². The fraction of sp³-hybridized carbons (Fsp3) is 0.684. The molecule has 1 aliphatic carbocycles. The molecule has 132 valence electrons. The van der Waals surface area contributed by atoms with Gasteiger partial charge in [-0.3, -0.25) is 4.79 Å². The number of hydrogen-bond donors (Lipinski definition) is 1. The normalized spacial score (nSPS) is 28.3. The minimum Gasteiger partial charge on any atom is -0.481 e. The van der Waals surface area contributed by atoms with Crippen LogP contribution < -0.4 is 10.1 Å². The summed E-state index contributed by atoms with van der Waals surface area (Å²) in [5.41, 5.74) is 1.06. The highest BCUT2D eigenvalue weighted by molar-refractivity contribution is 5.73. The van der Waals surface area contributed by atoms with Crippen LogP contribution in [0.1, 0.15) is 63.5 Å². The standard InChI is InChI=1S/C19H28N2O3/c1-13(22)21-16-10-17(14-6-4-3-5-7-14)24-18(11-16)15-8-9-19(23-2)20-12-15/h8-9,12,14,16-18H,3-7,10-11H2,1-2H3,(H,21,22)/t16-,17-,18+/m1/s1. The van der Waals surface area contributed by atoms with E-state index in [0.29, 0.717) is 11.8 Å². The van der Waals surface area contributed by atoms with Crippen LogP contribution in [0.2, 0.25) is 0 Å². The summed E-state index contributed by atoms with van der Waals surface area (Å²) in [6.45, 7) is 1.59. The first-order chi connectivity index (χ1) is 11.7. The summed E-state index contributed by atoms with van der Waals surface area (Å²) in [6, 6.07) is 4.07. The van der Waals surface area contributed by atoms with Crippen LogP contribution in [0.4, 0.5) is 0 Å². The van der Waals surface area contributed by atoms with Crippen LogP contribution in [-0.4, -0.2) is 30.1 Å². The zero-order valence-electron chi connectivity index (χ0n) is 14.7. The van der Waals surface area contributed by atoms with Crippen molar-refractivity contribution in [1.82, 2.24) is 10.3 Å². The number of ether oxygens (including phenoxy) is 2. The van der Waals surface area contributed by atoms with Gasteiger partial charge in [0.05, 0.1) is 19.3 Å². The van der Waals surface area contributed by atoms with Gasteiger partial charge in [0.15, 0.2) is 0 Å². The van der Waals surface area contributed by atoms with Crippen molar-refractivity contribution in [3.63, 3.8) is 0 Å². The Morgan fingerprint density at radius 3 is 2.67 bits per heavy atom. The number of aromatic nitrogens is 1. The third-order valence-corrected chi connectivity index (χ3v) is 5.28. The van der Waals surface area contributed by atoms with Gasteiger partial charge in [-0.15, -0.1) is 0 Å². The SMILES string of the molecule is COc1ccc([C@@H]2C[C@H](NC(C)=O)C[C@H](C3CCCCC3)O2)cn1. The molecule has 1 aliphatic heterocycles. The molecule has 5 heteroatoms. The Labute approximate surface area is 144 Å². The fourth-order valence-corrected chi connectivity index (χ4v) is 4.09. The van der Waals surface area contributed by atoms with E-state index >= 15 is 0 Å². The van der Waals surface area contributed by atoms with Gasteiger partial charge < -0.3 is 14.8 Å². The largest absolute Gasteiger partial charge is 0.481 e. The van der Waals surface area contributed by atoms with E-state index in [1.165, 1.54) is 32.1 Å². The number of carbonyl (C=O) groups is 1. The minimum absolute atomic E-state index is 0.0130. The lowest BCUT2D eigenvalue weighted by Gasteiger charge is -2.40. The molecule has 3 rings (SSSR count). The summed E-state index contributed by atoms with van der Waals surface area (Å²) >= 11 is 0. The summed E-state index contributed by atoms with van der Waals surface area (Å²) in [6.07, 6.45) is 10.2. The highest BCUT2D eigenvalue weighted by atomic mass is 16.5. The number of nitrogens with one attached hydrogen (secondary N) is 1. The highest BCUT2D eigenvalue weighted by Crippen LogP contribution is 2.38. The lowest BCUT2D eigenvalue weighted by atomic mass is 9.80. The van der Waals surface area contributed by atoms with Gasteiger partial charge in [0.25, 0.3) is 0 Å². The second-order valence-corrected chi connectivity index (χ2v) is 7.06. The average Bonchev–Trinajstić information content (AvgIpc) is 2.62. The number of carbonyl (C=O) groups excluding carboxylic acids is 1. The smallest absolute Gasteiger partial charge is 0.217 e. The van der Waals surface area contributed by atoms with Gasteiger partial charge in [-0.25, -0.2) is 4.98 Å². The fourth-order valence-electron chi connectivity index (χ4n) is 4.09. The van der Waals surface area contributed by atoms with Gasteiger partial charge in [-0.05, 0) is 43.2 Å². The van der Waals surface area contributed by atoms with Crippen LogP contribution in [0.25, 0.3) is 0 Å². The molecule has 2 aliphatic rings. The van der Waals surface area contributed by atoms with Crippen LogP contribution in [0, 0.1) is 5.92 Å². The van der Waals surface area contributed by atoms with E-state index in [4.69, 9.17) is 9.47 Å². The van der Waals surface area contributed by atoms with Crippen molar-refractivity contribution in [2.75, 3.05) is 7.11 Å². The van der Waals surface area contributed by atoms with Crippen molar-refractivity contribution >= 4 is 5.91 Å². The molecule has 2 fully saturated rings. The Kier molecular flexibility index (Phi) is 5.72. The quantitative estimate of drug-likeness (QED) is 0.918. The molecule has 24 heavy (non-hydrogen) atoms. The van der Waals surface area contributed by atoms with Crippen molar-refractivity contribution in [3.8, 4) is 5.88 Å². The summed E-state index contributed by atoms with van der Waals surface area (Å²) in [5, 5.41) is 3.11. The number of amides is 1. The minimum atomic E-state index is -0.0130. The molecule has 1 N–H and O–H groups in total. The second kappa shape index (κ2) is 7.97. The van der Waals surface area contributed by atoms with Gasteiger partial charge >= 0.3 is 0 Å². The lowest BCUT2D eigenvalue weighted by Crippen LogP contribution is -2.44. The monoisotopic (exact) mass is 332 g/mol. The van der Waals surface area contributed by atoms with E-state index in [-0.39, 0.29) is 24.2 Å². The number of hydrogen-bond acceptors (Lipinski definition) is 4. The van der Waals surface area contributed by atoms with Crippen molar-refractivity contribution < 1.29 is 14.3 Å². The summed E-state index contributed by atoms with van der Waals surface area (Å²) < 4.78 is 11.6. The predicted molar refractivity (Wildman–Crippen MR) is 91.8 cm³/mol. The maximum Gasteiger partial charge on any atom is 0.217 e. The Balaban J connectivity index is 1.74. The molecule has 2 heterocycles. The molecule has 0 bridgehead atoms. The molecular weight excluding hydrogens is 304 g/mol. The van der Waals surface area contributed by atoms with Crippen molar-refractivity contribution in [2.24, 2.45) is 5.92 Å². The Morgan fingerprint density at radius 1 is 1.25 bits per heavy atom. The first-order valence-corrected chi connectivity index (χ1v) is 9.08. The zero-order valence-corrected chi connectivity index (χ0v) is 14.7. The number of nitrogens with zero attached hydrogens (tertiary/aromatic N) is 1. The van der Waals surface area contributed by atoms with Gasteiger partial charge in [0, 0.05) is 25.2 Å². The maximum atomic E-state index is 11.5. The van der Waals surface area contributed by atoms with E-state index < -0.39 is 0 Å². The molecule has 3 atom stereocenters. The van der Waals surface area contributed by atoms with Gasteiger partial charge in [-0.1, -0.05) is 19.3 Å². The third-order valence-electron chi connectivity index (χ3n) is 5.28. The average molecular weight is 332 g/mol. The molecule has 1 aromatic rings. The molecule has 0 aromatic carbocycles. The van der Waals surface area contributed by atoms with E-state index in [1.54, 1.807) is 14.0 Å². The van der Waals surface area contributed by atoms with Crippen LogP contribution in [0.5, 0.6) is 5.88 Å². The second-order valence-electron chi connectivity index (χ2n) is 7.06. The third kappa shape index (κ3) is 4.26. The molecule has 0 radical (unpaired) electrons. The number of pyridine rings is 1. The Bertz CT molecular complexity index is 540. The number of rotatable bonds is 4. The zero-order chi connectivity index (χ0) is 16.9. The Morgan fingerprint density at radius 2 is 2.04 bits per heavy atom. The summed E-state index contributed by atoms with van der Waals surface area (Å²) in [4.78, 5) is 15.8. The van der Waals surface area contributed by atoms with Gasteiger partial charge in [0.2, 0.25) is 11.8 Å².